The molecule has 25 heavy (non-hydrogen) atoms. The lowest BCUT2D eigenvalue weighted by molar-refractivity contribution is 0.0732. The zero-order chi connectivity index (χ0) is 17.6. The lowest BCUT2D eigenvalue weighted by atomic mass is 10.1. The van der Waals surface area contributed by atoms with E-state index in [0.29, 0.717) is 25.3 Å². The Hall–Kier alpha value is -2.21. The van der Waals surface area contributed by atoms with E-state index in [1.807, 2.05) is 4.90 Å². The van der Waals surface area contributed by atoms with Gasteiger partial charge in [-0.1, -0.05) is 31.9 Å². The molecule has 0 spiro atoms. The number of aromatic nitrogens is 2. The predicted molar refractivity (Wildman–Crippen MR) is 94.7 cm³/mol. The van der Waals surface area contributed by atoms with Crippen molar-refractivity contribution < 1.29 is 9.18 Å². The van der Waals surface area contributed by atoms with Crippen molar-refractivity contribution in [2.75, 3.05) is 13.1 Å². The zero-order valence-corrected chi connectivity index (χ0v) is 14.6. The molecule has 2 heterocycles. The highest BCUT2D eigenvalue weighted by Gasteiger charge is 2.25. The molecule has 0 atom stereocenters. The van der Waals surface area contributed by atoms with Gasteiger partial charge in [0.1, 0.15) is 5.82 Å². The van der Waals surface area contributed by atoms with Crippen molar-refractivity contribution in [2.24, 2.45) is 0 Å². The van der Waals surface area contributed by atoms with Crippen LogP contribution in [-0.2, 0) is 19.5 Å². The van der Waals surface area contributed by atoms with Crippen molar-refractivity contribution in [1.82, 2.24) is 20.4 Å². The molecule has 0 unspecified atom stereocenters. The number of unbranched alkanes of at least 4 members (excludes halogenated alkanes) is 2. The minimum atomic E-state index is -0.264. The van der Waals surface area contributed by atoms with Crippen LogP contribution in [0.1, 0.15) is 53.5 Å². The Bertz CT molecular complexity index is 711. The van der Waals surface area contributed by atoms with Crippen molar-refractivity contribution in [3.05, 3.63) is 52.6 Å². The fourth-order valence-corrected chi connectivity index (χ4v) is 3.17. The van der Waals surface area contributed by atoms with Crippen molar-refractivity contribution in [2.45, 2.75) is 45.7 Å². The molecule has 2 N–H and O–H groups in total. The molecule has 0 fully saturated rings. The number of benzene rings is 1. The van der Waals surface area contributed by atoms with E-state index in [9.17, 15) is 9.18 Å². The lowest BCUT2D eigenvalue weighted by Gasteiger charge is -2.23. The summed E-state index contributed by atoms with van der Waals surface area (Å²) in [5.74, 6) is -0.318. The normalized spacial score (nSPS) is 13.5. The van der Waals surface area contributed by atoms with Crippen molar-refractivity contribution in [3.63, 3.8) is 0 Å². The maximum Gasteiger partial charge on any atom is 0.274 e. The molecule has 1 aliphatic heterocycles. The van der Waals surface area contributed by atoms with Gasteiger partial charge >= 0.3 is 0 Å². The molecule has 3 rings (SSSR count). The molecule has 2 aromatic rings. The van der Waals surface area contributed by atoms with Crippen LogP contribution < -0.4 is 5.32 Å². The van der Waals surface area contributed by atoms with E-state index in [0.717, 1.165) is 49.0 Å². The number of hydrogen-bond acceptors (Lipinski definition) is 3. The van der Waals surface area contributed by atoms with Crippen LogP contribution in [0.15, 0.2) is 24.3 Å². The van der Waals surface area contributed by atoms with Gasteiger partial charge in [-0.3, -0.25) is 9.89 Å². The number of carbonyl (C=O) groups is 1. The fourth-order valence-electron chi connectivity index (χ4n) is 3.17. The second-order valence-corrected chi connectivity index (χ2v) is 6.52. The van der Waals surface area contributed by atoms with Crippen LogP contribution >= 0.6 is 0 Å². The summed E-state index contributed by atoms with van der Waals surface area (Å²) in [5.41, 5.74) is 3.47. The third-order valence-electron chi connectivity index (χ3n) is 4.61. The second-order valence-electron chi connectivity index (χ2n) is 6.52. The predicted octanol–water partition coefficient (Wildman–Crippen LogP) is 3.03. The monoisotopic (exact) mass is 344 g/mol. The summed E-state index contributed by atoms with van der Waals surface area (Å²) in [4.78, 5) is 14.9. The number of aromatic amines is 1. The SMILES string of the molecule is CCCCCN(Cc1ccc(F)cc1)C(=O)c1n[nH]c2c1CNCC2. The number of carbonyl (C=O) groups excluding carboxylic acids is 1. The van der Waals surface area contributed by atoms with Gasteiger partial charge in [-0.2, -0.15) is 5.10 Å². The molecule has 1 aliphatic rings. The first-order valence-corrected chi connectivity index (χ1v) is 8.99. The zero-order valence-electron chi connectivity index (χ0n) is 14.6. The van der Waals surface area contributed by atoms with Gasteiger partial charge in [0.25, 0.3) is 5.91 Å². The number of H-pyrrole nitrogens is 1. The number of nitrogens with zero attached hydrogens (tertiary/aromatic N) is 2. The Morgan fingerprint density at radius 1 is 1.28 bits per heavy atom. The van der Waals surface area contributed by atoms with E-state index in [-0.39, 0.29) is 11.7 Å². The van der Waals surface area contributed by atoms with E-state index >= 15 is 0 Å². The van der Waals surface area contributed by atoms with E-state index in [1.165, 1.54) is 12.1 Å². The highest BCUT2D eigenvalue weighted by atomic mass is 19.1. The first-order chi connectivity index (χ1) is 12.2. The summed E-state index contributed by atoms with van der Waals surface area (Å²) in [7, 11) is 0. The average Bonchev–Trinajstić information content (AvgIpc) is 3.06. The Morgan fingerprint density at radius 3 is 2.84 bits per heavy atom. The summed E-state index contributed by atoms with van der Waals surface area (Å²) >= 11 is 0. The molecule has 1 amide bonds. The molecule has 0 saturated carbocycles. The van der Waals surface area contributed by atoms with Crippen molar-refractivity contribution >= 4 is 5.91 Å². The first kappa shape index (κ1) is 17.6. The van der Waals surface area contributed by atoms with E-state index in [1.54, 1.807) is 12.1 Å². The standard InChI is InChI=1S/C19H25FN4O/c1-2-3-4-11-24(13-14-5-7-15(20)8-6-14)19(25)18-16-12-21-10-9-17(16)22-23-18/h5-8,21H,2-4,9-13H2,1H3,(H,22,23). The minimum Gasteiger partial charge on any atom is -0.333 e. The van der Waals surface area contributed by atoms with E-state index in [4.69, 9.17) is 0 Å². The largest absolute Gasteiger partial charge is 0.333 e. The van der Waals surface area contributed by atoms with Crippen molar-refractivity contribution in [3.8, 4) is 0 Å². The number of hydrogen-bond donors (Lipinski definition) is 2. The smallest absolute Gasteiger partial charge is 0.274 e. The summed E-state index contributed by atoms with van der Waals surface area (Å²) in [5, 5.41) is 10.6. The van der Waals surface area contributed by atoms with Gasteiger partial charge < -0.3 is 10.2 Å². The molecule has 0 bridgehead atoms. The topological polar surface area (TPSA) is 61.0 Å². The van der Waals surface area contributed by atoms with E-state index in [2.05, 4.69) is 22.4 Å². The number of halogens is 1. The summed E-state index contributed by atoms with van der Waals surface area (Å²) < 4.78 is 13.1. The Labute approximate surface area is 147 Å². The summed E-state index contributed by atoms with van der Waals surface area (Å²) in [6.45, 7) is 4.86. The van der Waals surface area contributed by atoms with Gasteiger partial charge in [0.2, 0.25) is 0 Å². The summed E-state index contributed by atoms with van der Waals surface area (Å²) in [6.07, 6.45) is 3.99. The van der Waals surface area contributed by atoms with Gasteiger partial charge in [-0.25, -0.2) is 4.39 Å². The van der Waals surface area contributed by atoms with Crippen LogP contribution in [0.2, 0.25) is 0 Å². The van der Waals surface area contributed by atoms with Gasteiger partial charge in [0, 0.05) is 43.9 Å². The van der Waals surface area contributed by atoms with Gasteiger partial charge in [-0.15, -0.1) is 0 Å². The van der Waals surface area contributed by atoms with Gasteiger partial charge in [-0.05, 0) is 24.1 Å². The van der Waals surface area contributed by atoms with Crippen LogP contribution in [0.5, 0.6) is 0 Å². The van der Waals surface area contributed by atoms with Crippen LogP contribution in [0, 0.1) is 5.82 Å². The Morgan fingerprint density at radius 2 is 2.08 bits per heavy atom. The first-order valence-electron chi connectivity index (χ1n) is 8.99. The van der Waals surface area contributed by atoms with Gasteiger partial charge in [0.15, 0.2) is 5.69 Å². The molecule has 0 saturated heterocycles. The molecule has 0 aliphatic carbocycles. The van der Waals surface area contributed by atoms with E-state index < -0.39 is 0 Å². The maximum atomic E-state index is 13.1. The number of fused-ring (bicyclic) bond motifs is 1. The number of amides is 1. The quantitative estimate of drug-likeness (QED) is 0.759. The lowest BCUT2D eigenvalue weighted by Crippen LogP contribution is -2.33. The number of rotatable bonds is 7. The minimum absolute atomic E-state index is 0.0540. The molecular weight excluding hydrogens is 319 g/mol. The molecule has 134 valence electrons. The molecule has 0 radical (unpaired) electrons. The highest BCUT2D eigenvalue weighted by molar-refractivity contribution is 5.94. The molecule has 1 aromatic carbocycles. The van der Waals surface area contributed by atoms with Crippen LogP contribution in [-0.4, -0.2) is 34.1 Å². The maximum absolute atomic E-state index is 13.1. The second kappa shape index (κ2) is 8.25. The Balaban J connectivity index is 1.78. The third kappa shape index (κ3) is 4.25. The summed E-state index contributed by atoms with van der Waals surface area (Å²) in [6, 6.07) is 6.34. The molecule has 6 heteroatoms. The van der Waals surface area contributed by atoms with Crippen LogP contribution in [0.25, 0.3) is 0 Å². The van der Waals surface area contributed by atoms with Gasteiger partial charge in [0.05, 0.1) is 0 Å². The number of nitrogens with one attached hydrogen (secondary N) is 2. The van der Waals surface area contributed by atoms with Crippen LogP contribution in [0.4, 0.5) is 4.39 Å². The molecule has 5 nitrogen and oxygen atoms in total. The molecule has 1 aromatic heterocycles. The average molecular weight is 344 g/mol. The van der Waals surface area contributed by atoms with Crippen LogP contribution in [0.3, 0.4) is 0 Å². The highest BCUT2D eigenvalue weighted by Crippen LogP contribution is 2.19. The Kier molecular flexibility index (Phi) is 5.81. The van der Waals surface area contributed by atoms with Crippen molar-refractivity contribution in [1.29, 1.82) is 0 Å². The molecular formula is C19H25FN4O. The third-order valence-corrected chi connectivity index (χ3v) is 4.61. The fraction of sp³-hybridized carbons (Fsp3) is 0.474.